The van der Waals surface area contributed by atoms with Gasteiger partial charge in [0.05, 0.1) is 11.9 Å². The average molecular weight is 536 g/mol. The molecule has 1 atom stereocenters. The van der Waals surface area contributed by atoms with Crippen molar-refractivity contribution in [2.75, 3.05) is 36.9 Å². The molecule has 0 aromatic heterocycles. The lowest BCUT2D eigenvalue weighted by molar-refractivity contribution is -0.140. The van der Waals surface area contributed by atoms with E-state index in [-0.39, 0.29) is 18.1 Å². The highest BCUT2D eigenvalue weighted by Gasteiger charge is 2.32. The second-order valence-electron chi connectivity index (χ2n) is 8.81. The molecule has 0 radical (unpaired) electrons. The lowest BCUT2D eigenvalue weighted by atomic mass is 10.1. The lowest BCUT2D eigenvalue weighted by Crippen LogP contribution is -2.52. The summed E-state index contributed by atoms with van der Waals surface area (Å²) in [5.41, 5.74) is 0.849. The van der Waals surface area contributed by atoms with E-state index < -0.39 is 34.3 Å². The number of amides is 2. The van der Waals surface area contributed by atoms with E-state index in [0.29, 0.717) is 43.2 Å². The Morgan fingerprint density at radius 3 is 2.35 bits per heavy atom. The molecular formula is C26H34FN3O6S. The van der Waals surface area contributed by atoms with Gasteiger partial charge in [-0.25, -0.2) is 12.8 Å². The third-order valence-corrected chi connectivity index (χ3v) is 7.12. The van der Waals surface area contributed by atoms with Crippen LogP contribution in [0.2, 0.25) is 0 Å². The summed E-state index contributed by atoms with van der Waals surface area (Å²) in [5, 5.41) is 2.86. The number of rotatable bonds is 12. The van der Waals surface area contributed by atoms with Crippen molar-refractivity contribution in [3.8, 4) is 11.5 Å². The van der Waals surface area contributed by atoms with Crippen LogP contribution in [-0.2, 0) is 26.2 Å². The Morgan fingerprint density at radius 2 is 1.73 bits per heavy atom. The highest BCUT2D eigenvalue weighted by Crippen LogP contribution is 2.34. The summed E-state index contributed by atoms with van der Waals surface area (Å²) in [6.45, 7) is 4.45. The molecule has 0 saturated carbocycles. The molecule has 1 aliphatic heterocycles. The average Bonchev–Trinajstić information content (AvgIpc) is 2.87. The van der Waals surface area contributed by atoms with Crippen LogP contribution >= 0.6 is 0 Å². The molecule has 0 bridgehead atoms. The second-order valence-corrected chi connectivity index (χ2v) is 10.7. The van der Waals surface area contributed by atoms with Gasteiger partial charge in [0.25, 0.3) is 0 Å². The molecular weight excluding hydrogens is 501 g/mol. The first-order chi connectivity index (χ1) is 17.6. The van der Waals surface area contributed by atoms with Gasteiger partial charge < -0.3 is 19.7 Å². The van der Waals surface area contributed by atoms with Crippen molar-refractivity contribution in [3.05, 3.63) is 53.8 Å². The van der Waals surface area contributed by atoms with Crippen LogP contribution in [0.25, 0.3) is 0 Å². The van der Waals surface area contributed by atoms with Gasteiger partial charge in [0.15, 0.2) is 11.5 Å². The van der Waals surface area contributed by atoms with Gasteiger partial charge in [-0.1, -0.05) is 32.4 Å². The van der Waals surface area contributed by atoms with Crippen LogP contribution < -0.4 is 19.1 Å². The molecule has 0 fully saturated rings. The van der Waals surface area contributed by atoms with Crippen molar-refractivity contribution < 1.29 is 31.9 Å². The number of carbonyl (C=O) groups is 2. The number of anilines is 1. The van der Waals surface area contributed by atoms with Crippen LogP contribution in [0.3, 0.4) is 0 Å². The molecule has 2 amide bonds. The first-order valence-electron chi connectivity index (χ1n) is 12.3. The molecule has 37 heavy (non-hydrogen) atoms. The van der Waals surface area contributed by atoms with E-state index in [1.165, 1.54) is 35.2 Å². The van der Waals surface area contributed by atoms with Crippen molar-refractivity contribution in [3.63, 3.8) is 0 Å². The molecule has 0 unspecified atom stereocenters. The number of hydrogen-bond donors (Lipinski definition) is 1. The molecule has 0 aliphatic carbocycles. The minimum Gasteiger partial charge on any atom is -0.486 e. The number of hydrogen-bond acceptors (Lipinski definition) is 6. The van der Waals surface area contributed by atoms with E-state index in [1.54, 1.807) is 19.1 Å². The van der Waals surface area contributed by atoms with Gasteiger partial charge in [-0.15, -0.1) is 0 Å². The highest BCUT2D eigenvalue weighted by molar-refractivity contribution is 7.92. The van der Waals surface area contributed by atoms with Crippen LogP contribution in [-0.4, -0.2) is 63.7 Å². The fourth-order valence-corrected chi connectivity index (χ4v) is 4.85. The first kappa shape index (κ1) is 28.2. The van der Waals surface area contributed by atoms with Crippen molar-refractivity contribution in [2.45, 2.75) is 45.7 Å². The van der Waals surface area contributed by atoms with E-state index >= 15 is 0 Å². The molecule has 202 valence electrons. The smallest absolute Gasteiger partial charge is 0.244 e. The summed E-state index contributed by atoms with van der Waals surface area (Å²) in [4.78, 5) is 28.1. The predicted octanol–water partition coefficient (Wildman–Crippen LogP) is 3.09. The SMILES string of the molecule is CCCCNC(=O)[C@H](CC)N(Cc1ccc(F)cc1)C(=O)CN(c1ccc2c(c1)OCCO2)S(C)(=O)=O. The van der Waals surface area contributed by atoms with Crippen LogP contribution in [0.5, 0.6) is 11.5 Å². The maximum atomic E-state index is 13.7. The second kappa shape index (κ2) is 12.8. The van der Waals surface area contributed by atoms with Crippen LogP contribution in [0.1, 0.15) is 38.7 Å². The van der Waals surface area contributed by atoms with Gasteiger partial charge in [0.1, 0.15) is 31.6 Å². The molecule has 0 spiro atoms. The van der Waals surface area contributed by atoms with Gasteiger partial charge >= 0.3 is 0 Å². The predicted molar refractivity (Wildman–Crippen MR) is 139 cm³/mol. The molecule has 1 aliphatic rings. The van der Waals surface area contributed by atoms with Crippen molar-refractivity contribution in [1.82, 2.24) is 10.2 Å². The lowest BCUT2D eigenvalue weighted by Gasteiger charge is -2.33. The fourth-order valence-electron chi connectivity index (χ4n) is 4.01. The molecule has 2 aromatic carbocycles. The van der Waals surface area contributed by atoms with E-state index in [1.807, 2.05) is 6.92 Å². The standard InChI is InChI=1S/C26H34FN3O6S/c1-4-6-13-28-26(32)22(5-2)29(17-19-7-9-20(27)10-8-19)25(31)18-30(37(3,33)34)21-11-12-23-24(16-21)36-15-14-35-23/h7-12,16,22H,4-6,13-15,17-18H2,1-3H3,(H,28,32)/t22-/m0/s1. The van der Waals surface area contributed by atoms with E-state index in [2.05, 4.69) is 5.32 Å². The molecule has 0 saturated heterocycles. The maximum Gasteiger partial charge on any atom is 0.244 e. The minimum atomic E-state index is -3.88. The first-order valence-corrected chi connectivity index (χ1v) is 14.2. The zero-order valence-electron chi connectivity index (χ0n) is 21.4. The number of benzene rings is 2. The van der Waals surface area contributed by atoms with Gasteiger partial charge in [-0.05, 0) is 42.7 Å². The third-order valence-electron chi connectivity index (χ3n) is 5.97. The van der Waals surface area contributed by atoms with Crippen LogP contribution in [0.4, 0.5) is 10.1 Å². The largest absolute Gasteiger partial charge is 0.486 e. The normalized spacial score (nSPS) is 13.5. The number of nitrogens with zero attached hydrogens (tertiary/aromatic N) is 2. The Bertz CT molecular complexity index is 1190. The number of carbonyl (C=O) groups excluding carboxylic acids is 2. The zero-order chi connectivity index (χ0) is 27.0. The summed E-state index contributed by atoms with van der Waals surface area (Å²) in [6, 6.07) is 9.44. The Labute approximate surface area is 217 Å². The summed E-state index contributed by atoms with van der Waals surface area (Å²) in [5.74, 6) is -0.441. The maximum absolute atomic E-state index is 13.7. The topological polar surface area (TPSA) is 105 Å². The van der Waals surface area contributed by atoms with Gasteiger partial charge in [0.2, 0.25) is 21.8 Å². The Kier molecular flexibility index (Phi) is 9.73. The fraction of sp³-hybridized carbons (Fsp3) is 0.462. The molecule has 1 N–H and O–H groups in total. The Balaban J connectivity index is 1.92. The summed E-state index contributed by atoms with van der Waals surface area (Å²) >= 11 is 0. The van der Waals surface area contributed by atoms with E-state index in [9.17, 15) is 22.4 Å². The highest BCUT2D eigenvalue weighted by atomic mass is 32.2. The van der Waals surface area contributed by atoms with Gasteiger partial charge in [-0.3, -0.25) is 13.9 Å². The quantitative estimate of drug-likeness (QED) is 0.419. The Morgan fingerprint density at radius 1 is 1.05 bits per heavy atom. The number of unbranched alkanes of at least 4 members (excludes halogenated alkanes) is 1. The minimum absolute atomic E-state index is 0.0115. The summed E-state index contributed by atoms with van der Waals surface area (Å²) < 4.78 is 51.1. The van der Waals surface area contributed by atoms with Crippen LogP contribution in [0.15, 0.2) is 42.5 Å². The van der Waals surface area contributed by atoms with Gasteiger partial charge in [-0.2, -0.15) is 0 Å². The molecule has 3 rings (SSSR count). The number of nitrogens with one attached hydrogen (secondary N) is 1. The zero-order valence-corrected chi connectivity index (χ0v) is 22.2. The van der Waals surface area contributed by atoms with Gasteiger partial charge in [0, 0.05) is 19.2 Å². The summed E-state index contributed by atoms with van der Waals surface area (Å²) in [6.07, 6.45) is 3.01. The number of halogens is 1. The van der Waals surface area contributed by atoms with Crippen LogP contribution in [0, 0.1) is 5.82 Å². The van der Waals surface area contributed by atoms with Crippen molar-refractivity contribution in [2.24, 2.45) is 0 Å². The molecule has 2 aromatic rings. The van der Waals surface area contributed by atoms with Crippen molar-refractivity contribution in [1.29, 1.82) is 0 Å². The number of fused-ring (bicyclic) bond motifs is 1. The molecule has 11 heteroatoms. The molecule has 1 heterocycles. The monoisotopic (exact) mass is 535 g/mol. The van der Waals surface area contributed by atoms with E-state index in [0.717, 1.165) is 23.4 Å². The van der Waals surface area contributed by atoms with Crippen molar-refractivity contribution >= 4 is 27.5 Å². The number of sulfonamides is 1. The molecule has 9 nitrogen and oxygen atoms in total. The number of ether oxygens (including phenoxy) is 2. The Hall–Kier alpha value is -3.34. The summed E-state index contributed by atoms with van der Waals surface area (Å²) in [7, 11) is -3.88. The third kappa shape index (κ3) is 7.58. The van der Waals surface area contributed by atoms with E-state index in [4.69, 9.17) is 9.47 Å².